The SMILES string of the molecule is CCC(CC)[C@H](NC(=O)OC)C(=O)N1CCC[C@H]1c1nc2ccc(-c3cc4ccc(-c5cnc([C@@H]6CCCN6C(=O)[C@@H](NC(=O)OC)C6CCOCC6)[nH]5)cc4nn3)cc2[nH]1. The third-order valence-electron chi connectivity index (χ3n) is 12.7. The number of fused-ring (bicyclic) bond motifs is 2. The molecule has 3 aliphatic heterocycles. The molecule has 322 valence electrons. The number of amides is 4. The number of carbonyl (C=O) groups excluding carboxylic acids is 4. The fourth-order valence-corrected chi connectivity index (χ4v) is 9.27. The predicted octanol–water partition coefficient (Wildman–Crippen LogP) is 6.20. The van der Waals surface area contributed by atoms with E-state index in [0.717, 1.165) is 71.8 Å². The lowest BCUT2D eigenvalue weighted by Gasteiger charge is -2.34. The maximum atomic E-state index is 14.0. The minimum atomic E-state index is -0.703. The minimum Gasteiger partial charge on any atom is -0.453 e. The van der Waals surface area contributed by atoms with Gasteiger partial charge in [0.05, 0.1) is 60.4 Å². The number of ether oxygens (including phenoxy) is 3. The fourth-order valence-electron chi connectivity index (χ4n) is 9.27. The van der Waals surface area contributed by atoms with Crippen LogP contribution in [0.3, 0.4) is 0 Å². The van der Waals surface area contributed by atoms with E-state index in [1.807, 2.05) is 66.1 Å². The van der Waals surface area contributed by atoms with Crippen LogP contribution in [0.2, 0.25) is 0 Å². The van der Waals surface area contributed by atoms with E-state index in [4.69, 9.17) is 24.2 Å². The molecule has 0 radical (unpaired) electrons. The zero-order chi connectivity index (χ0) is 42.6. The van der Waals surface area contributed by atoms with Crippen LogP contribution in [0.1, 0.15) is 88.9 Å². The maximum Gasteiger partial charge on any atom is 0.407 e. The van der Waals surface area contributed by atoms with Gasteiger partial charge in [0.1, 0.15) is 23.7 Å². The lowest BCUT2D eigenvalue weighted by atomic mass is 9.90. The minimum absolute atomic E-state index is 0.0217. The van der Waals surface area contributed by atoms with Crippen molar-refractivity contribution in [3.63, 3.8) is 0 Å². The maximum absolute atomic E-state index is 14.0. The van der Waals surface area contributed by atoms with Gasteiger partial charge in [0.2, 0.25) is 11.8 Å². The van der Waals surface area contributed by atoms with E-state index >= 15 is 0 Å². The molecule has 0 spiro atoms. The molecule has 3 aromatic heterocycles. The molecule has 3 aliphatic rings. The molecule has 2 aromatic carbocycles. The first-order valence-electron chi connectivity index (χ1n) is 21.4. The Morgan fingerprint density at radius 1 is 0.787 bits per heavy atom. The topological polar surface area (TPSA) is 210 Å². The van der Waals surface area contributed by atoms with Crippen molar-refractivity contribution < 1.29 is 33.4 Å². The summed E-state index contributed by atoms with van der Waals surface area (Å²) >= 11 is 0. The van der Waals surface area contributed by atoms with E-state index in [1.54, 1.807) is 6.20 Å². The molecule has 3 fully saturated rings. The monoisotopic (exact) mass is 834 g/mol. The quantitative estimate of drug-likeness (QED) is 0.111. The van der Waals surface area contributed by atoms with Gasteiger partial charge in [0.15, 0.2) is 0 Å². The largest absolute Gasteiger partial charge is 0.453 e. The predicted molar refractivity (Wildman–Crippen MR) is 226 cm³/mol. The Hall–Kier alpha value is -6.10. The summed E-state index contributed by atoms with van der Waals surface area (Å²) in [6.45, 7) is 6.29. The number of aromatic nitrogens is 6. The number of likely N-dealkylation sites (tertiary alicyclic amines) is 2. The average molecular weight is 835 g/mol. The van der Waals surface area contributed by atoms with E-state index in [1.165, 1.54) is 14.2 Å². The van der Waals surface area contributed by atoms with Gasteiger partial charge in [-0.2, -0.15) is 0 Å². The molecule has 3 saturated heterocycles. The van der Waals surface area contributed by atoms with Crippen molar-refractivity contribution in [3.8, 4) is 22.5 Å². The Balaban J connectivity index is 0.977. The van der Waals surface area contributed by atoms with E-state index < -0.39 is 24.3 Å². The molecule has 0 unspecified atom stereocenters. The highest BCUT2D eigenvalue weighted by Gasteiger charge is 2.41. The van der Waals surface area contributed by atoms with Gasteiger partial charge in [-0.05, 0) is 74.6 Å². The Labute approximate surface area is 353 Å². The molecule has 17 nitrogen and oxygen atoms in total. The van der Waals surface area contributed by atoms with Crippen LogP contribution < -0.4 is 10.6 Å². The highest BCUT2D eigenvalue weighted by Crippen LogP contribution is 2.36. The van der Waals surface area contributed by atoms with Gasteiger partial charge in [0.25, 0.3) is 0 Å². The lowest BCUT2D eigenvalue weighted by Crippen LogP contribution is -2.53. The first-order chi connectivity index (χ1) is 29.7. The van der Waals surface area contributed by atoms with Crippen molar-refractivity contribution in [2.45, 2.75) is 89.4 Å². The lowest BCUT2D eigenvalue weighted by molar-refractivity contribution is -0.137. The number of hydrogen-bond donors (Lipinski definition) is 4. The summed E-state index contributed by atoms with van der Waals surface area (Å²) < 4.78 is 15.2. The second-order valence-electron chi connectivity index (χ2n) is 16.2. The van der Waals surface area contributed by atoms with E-state index in [9.17, 15) is 19.2 Å². The van der Waals surface area contributed by atoms with Crippen molar-refractivity contribution in [2.75, 3.05) is 40.5 Å². The van der Waals surface area contributed by atoms with E-state index in [0.29, 0.717) is 62.0 Å². The zero-order valence-corrected chi connectivity index (χ0v) is 35.1. The van der Waals surface area contributed by atoms with Crippen LogP contribution in [0, 0.1) is 11.8 Å². The van der Waals surface area contributed by atoms with Gasteiger partial charge < -0.3 is 44.6 Å². The smallest absolute Gasteiger partial charge is 0.407 e. The van der Waals surface area contributed by atoms with Gasteiger partial charge in [-0.3, -0.25) is 9.59 Å². The summed E-state index contributed by atoms with van der Waals surface area (Å²) in [6, 6.07) is 12.0. The Morgan fingerprint density at radius 3 is 2.20 bits per heavy atom. The van der Waals surface area contributed by atoms with Gasteiger partial charge >= 0.3 is 12.2 Å². The Bertz CT molecular complexity index is 2390. The van der Waals surface area contributed by atoms with E-state index in [2.05, 4.69) is 30.8 Å². The van der Waals surface area contributed by atoms with Crippen LogP contribution >= 0.6 is 0 Å². The van der Waals surface area contributed by atoms with Gasteiger partial charge in [0, 0.05) is 42.8 Å². The van der Waals surface area contributed by atoms with Crippen LogP contribution in [0.5, 0.6) is 0 Å². The summed E-state index contributed by atoms with van der Waals surface area (Å²) in [6.07, 6.45) is 6.56. The third kappa shape index (κ3) is 8.60. The van der Waals surface area contributed by atoms with Crippen LogP contribution in [-0.2, 0) is 23.8 Å². The highest BCUT2D eigenvalue weighted by atomic mass is 16.5. The number of carbonyl (C=O) groups is 4. The van der Waals surface area contributed by atoms with Crippen LogP contribution in [-0.4, -0.2) is 117 Å². The number of imidazole rings is 2. The standard InChI is InChI=1S/C44H54N10O7/c1-5-25(6-2)37(49-43(57)59-3)41(55)54-18-8-10-36(54)40-46-30-14-13-28(23-33(30)47-40)31-21-27-11-12-29(22-32(27)52-51-31)34-24-45-39(48-34)35-9-7-17-53(35)42(56)38(50-44(58)60-4)26-15-19-61-20-16-26/h11-14,21-26,35-38H,5-10,15-20H2,1-4H3,(H,45,48)(H,46,47)(H,49,57)(H,50,58)/t35-,36-,37-,38-/m0/s1. The molecule has 8 rings (SSSR count). The van der Waals surface area contributed by atoms with Gasteiger partial charge in [-0.25, -0.2) is 19.6 Å². The summed E-state index contributed by atoms with van der Waals surface area (Å²) in [4.78, 5) is 72.7. The van der Waals surface area contributed by atoms with Crippen LogP contribution in [0.25, 0.3) is 44.5 Å². The first kappa shape index (κ1) is 41.6. The second-order valence-corrected chi connectivity index (χ2v) is 16.2. The molecule has 6 heterocycles. The molecule has 4 atom stereocenters. The molecule has 17 heteroatoms. The summed E-state index contributed by atoms with van der Waals surface area (Å²) in [5, 5.41) is 15.7. The molecule has 5 aromatic rings. The molecule has 4 amide bonds. The van der Waals surface area contributed by atoms with Crippen molar-refractivity contribution in [1.29, 1.82) is 0 Å². The van der Waals surface area contributed by atoms with Gasteiger partial charge in [-0.15, -0.1) is 10.2 Å². The van der Waals surface area contributed by atoms with E-state index in [-0.39, 0.29) is 35.7 Å². The number of H-pyrrole nitrogens is 2. The molecular weight excluding hydrogens is 781 g/mol. The number of methoxy groups -OCH3 is 2. The summed E-state index contributed by atoms with van der Waals surface area (Å²) in [5.74, 6) is 1.08. The average Bonchev–Trinajstić information content (AvgIpc) is 4.14. The molecule has 4 N–H and O–H groups in total. The number of rotatable bonds is 12. The summed E-state index contributed by atoms with van der Waals surface area (Å²) in [5.41, 5.74) is 5.57. The molecule has 0 bridgehead atoms. The number of alkyl carbamates (subject to hydrolysis) is 2. The Morgan fingerprint density at radius 2 is 1.48 bits per heavy atom. The normalized spacial score (nSPS) is 19.4. The number of nitrogens with one attached hydrogen (secondary N) is 4. The fraction of sp³-hybridized carbons (Fsp3) is 0.500. The van der Waals surface area contributed by atoms with Crippen molar-refractivity contribution in [3.05, 3.63) is 60.3 Å². The van der Waals surface area contributed by atoms with Crippen LogP contribution in [0.15, 0.2) is 48.7 Å². The molecule has 61 heavy (non-hydrogen) atoms. The van der Waals surface area contributed by atoms with Gasteiger partial charge in [-0.1, -0.05) is 44.9 Å². The van der Waals surface area contributed by atoms with Crippen molar-refractivity contribution in [1.82, 2.24) is 50.6 Å². The van der Waals surface area contributed by atoms with Crippen molar-refractivity contribution in [2.24, 2.45) is 11.8 Å². The molecule has 0 aliphatic carbocycles. The Kier molecular flexibility index (Phi) is 12.5. The highest BCUT2D eigenvalue weighted by molar-refractivity contribution is 5.89. The number of nitrogens with zero attached hydrogens (tertiary/aromatic N) is 6. The summed E-state index contributed by atoms with van der Waals surface area (Å²) in [7, 11) is 2.61. The van der Waals surface area contributed by atoms with Crippen molar-refractivity contribution >= 4 is 45.9 Å². The third-order valence-corrected chi connectivity index (χ3v) is 12.7. The molecule has 0 saturated carbocycles. The second kappa shape index (κ2) is 18.3. The number of benzene rings is 2. The van der Waals surface area contributed by atoms with Crippen LogP contribution in [0.4, 0.5) is 9.59 Å². The molecular formula is C44H54N10O7. The zero-order valence-electron chi connectivity index (χ0n) is 35.1. The first-order valence-corrected chi connectivity index (χ1v) is 21.4. The number of hydrogen-bond acceptors (Lipinski definition) is 11. The number of aromatic amines is 2.